The van der Waals surface area contributed by atoms with Crippen molar-refractivity contribution in [2.75, 3.05) is 17.3 Å². The Hall–Kier alpha value is -3.27. The fraction of sp³-hybridized carbons (Fsp3) is 0.250. The van der Waals surface area contributed by atoms with E-state index < -0.39 is 5.97 Å². The highest BCUT2D eigenvalue weighted by Crippen LogP contribution is 2.45. The van der Waals surface area contributed by atoms with E-state index in [0.717, 1.165) is 22.6 Å². The van der Waals surface area contributed by atoms with Crippen molar-refractivity contribution in [3.63, 3.8) is 0 Å². The number of rotatable bonds is 3. The molecule has 0 saturated carbocycles. The van der Waals surface area contributed by atoms with E-state index in [1.165, 1.54) is 10.9 Å². The molecule has 0 radical (unpaired) electrons. The lowest BCUT2D eigenvalue weighted by molar-refractivity contribution is 0.0690. The highest BCUT2D eigenvalue weighted by Gasteiger charge is 2.32. The molecule has 4 rings (SSSR count). The average molecular weight is 387 g/mol. The number of hydrogen-bond acceptors (Lipinski definition) is 8. The Bertz CT molecular complexity index is 1070. The van der Waals surface area contributed by atoms with Crippen molar-refractivity contribution in [2.24, 2.45) is 7.05 Å². The van der Waals surface area contributed by atoms with Gasteiger partial charge in [0.1, 0.15) is 11.4 Å². The van der Waals surface area contributed by atoms with Gasteiger partial charge in [0.15, 0.2) is 16.7 Å². The minimum Gasteiger partial charge on any atom is -0.476 e. The van der Waals surface area contributed by atoms with Gasteiger partial charge in [-0.1, -0.05) is 11.6 Å². The molecule has 0 bridgehead atoms. The Kier molecular flexibility index (Phi) is 3.92. The predicted octanol–water partition coefficient (Wildman–Crippen LogP) is 2.27. The molecule has 0 saturated heterocycles. The lowest BCUT2D eigenvalue weighted by Crippen LogP contribution is -2.27. The van der Waals surface area contributed by atoms with Gasteiger partial charge in [-0.05, 0) is 13.0 Å². The number of aromatic nitrogens is 6. The number of aryl methyl sites for hydroxylation is 1. The van der Waals surface area contributed by atoms with Crippen LogP contribution in [0.2, 0.25) is 5.15 Å². The number of carboxylic acids is 1. The number of aromatic carboxylic acids is 1. The molecule has 0 aromatic carbocycles. The van der Waals surface area contributed by atoms with Crippen LogP contribution in [0.15, 0.2) is 18.3 Å². The lowest BCUT2D eigenvalue weighted by Gasteiger charge is -2.33. The van der Waals surface area contributed by atoms with E-state index in [0.29, 0.717) is 5.82 Å². The van der Waals surface area contributed by atoms with Gasteiger partial charge >= 0.3 is 5.97 Å². The van der Waals surface area contributed by atoms with Gasteiger partial charge in [-0.2, -0.15) is 15.0 Å². The number of nitrogens with zero attached hydrogens (tertiary/aromatic N) is 7. The van der Waals surface area contributed by atoms with E-state index in [1.807, 2.05) is 24.9 Å². The van der Waals surface area contributed by atoms with Gasteiger partial charge in [0.05, 0.1) is 17.4 Å². The molecule has 10 nitrogen and oxygen atoms in total. The maximum atomic E-state index is 11.5. The predicted molar refractivity (Wildman–Crippen MR) is 98.3 cm³/mol. The number of carboxylic acid groups (broad SMARTS) is 1. The van der Waals surface area contributed by atoms with E-state index in [-0.39, 0.29) is 22.6 Å². The van der Waals surface area contributed by atoms with Crippen molar-refractivity contribution < 1.29 is 9.90 Å². The Labute approximate surface area is 158 Å². The topological polar surface area (TPSA) is 122 Å². The molecule has 27 heavy (non-hydrogen) atoms. The van der Waals surface area contributed by atoms with Crippen LogP contribution in [0.5, 0.6) is 0 Å². The summed E-state index contributed by atoms with van der Waals surface area (Å²) in [5.74, 6) is -0.755. The molecule has 2 N–H and O–H groups in total. The Balaban J connectivity index is 1.87. The third-order valence-electron chi connectivity index (χ3n) is 4.47. The van der Waals surface area contributed by atoms with Crippen molar-refractivity contribution in [1.82, 2.24) is 30.2 Å². The maximum Gasteiger partial charge on any atom is 0.358 e. The highest BCUT2D eigenvalue weighted by molar-refractivity contribution is 6.29. The SMILES string of the molecule is CC1c2nn(C)nc2-c2ccnc(Nc3cc(Cl)nnc3C(=O)O)c2N1C. The van der Waals surface area contributed by atoms with Crippen LogP contribution in [0.25, 0.3) is 11.3 Å². The molecule has 0 spiro atoms. The average Bonchev–Trinajstić information content (AvgIpc) is 3.01. The minimum absolute atomic E-state index is 0.0379. The summed E-state index contributed by atoms with van der Waals surface area (Å²) in [7, 11) is 3.69. The molecular weight excluding hydrogens is 372 g/mol. The summed E-state index contributed by atoms with van der Waals surface area (Å²) in [6.07, 6.45) is 1.63. The van der Waals surface area contributed by atoms with Crippen LogP contribution in [-0.2, 0) is 7.05 Å². The summed E-state index contributed by atoms with van der Waals surface area (Å²) in [6, 6.07) is 3.22. The third kappa shape index (κ3) is 2.74. The number of halogens is 1. The van der Waals surface area contributed by atoms with E-state index in [2.05, 4.69) is 30.7 Å². The standard InChI is InChI=1S/C16H15ClN8O2/c1-7-11-12(23-25(3)22-11)8-4-5-18-15(14(8)24(7)2)19-9-6-10(17)20-21-13(9)16(26)27/h4-7H,1-3H3,(H,26,27)(H,18,19,20). The number of fused-ring (bicyclic) bond motifs is 3. The quantitative estimate of drug-likeness (QED) is 0.697. The zero-order valence-electron chi connectivity index (χ0n) is 14.7. The molecule has 0 fully saturated rings. The molecule has 1 aliphatic heterocycles. The summed E-state index contributed by atoms with van der Waals surface area (Å²) >= 11 is 5.89. The number of pyridine rings is 1. The third-order valence-corrected chi connectivity index (χ3v) is 4.65. The molecule has 3 aromatic rings. The zero-order chi connectivity index (χ0) is 19.3. The summed E-state index contributed by atoms with van der Waals surface area (Å²) in [5, 5.41) is 28.6. The second-order valence-corrected chi connectivity index (χ2v) is 6.51. The summed E-state index contributed by atoms with van der Waals surface area (Å²) < 4.78 is 0. The Morgan fingerprint density at radius 3 is 2.81 bits per heavy atom. The van der Waals surface area contributed by atoms with Crippen LogP contribution in [0.4, 0.5) is 17.2 Å². The van der Waals surface area contributed by atoms with Crippen LogP contribution in [0, 0.1) is 0 Å². The smallest absolute Gasteiger partial charge is 0.358 e. The molecule has 4 heterocycles. The van der Waals surface area contributed by atoms with Crippen LogP contribution < -0.4 is 10.2 Å². The second-order valence-electron chi connectivity index (χ2n) is 6.13. The fourth-order valence-electron chi connectivity index (χ4n) is 3.11. The van der Waals surface area contributed by atoms with Gasteiger partial charge in [0, 0.05) is 31.9 Å². The molecular formula is C16H15ClN8O2. The fourth-order valence-corrected chi connectivity index (χ4v) is 3.26. The largest absolute Gasteiger partial charge is 0.476 e. The second kappa shape index (κ2) is 6.16. The van der Waals surface area contributed by atoms with Crippen molar-refractivity contribution >= 4 is 34.8 Å². The van der Waals surface area contributed by atoms with Crippen molar-refractivity contribution in [3.05, 3.63) is 34.9 Å². The Morgan fingerprint density at radius 1 is 1.30 bits per heavy atom. The first kappa shape index (κ1) is 17.2. The Morgan fingerprint density at radius 2 is 2.07 bits per heavy atom. The van der Waals surface area contributed by atoms with Crippen LogP contribution in [0.3, 0.4) is 0 Å². The first-order valence-electron chi connectivity index (χ1n) is 8.03. The highest BCUT2D eigenvalue weighted by atomic mass is 35.5. The van der Waals surface area contributed by atoms with E-state index in [1.54, 1.807) is 13.2 Å². The first-order valence-corrected chi connectivity index (χ1v) is 8.41. The van der Waals surface area contributed by atoms with Gasteiger partial charge in [0.2, 0.25) is 0 Å². The van der Waals surface area contributed by atoms with Gasteiger partial charge in [-0.3, -0.25) is 0 Å². The number of anilines is 3. The molecule has 3 aromatic heterocycles. The normalized spacial score (nSPS) is 15.3. The molecule has 1 aliphatic rings. The summed E-state index contributed by atoms with van der Waals surface area (Å²) in [4.78, 5) is 19.4. The molecule has 0 amide bonds. The summed E-state index contributed by atoms with van der Waals surface area (Å²) in [5.41, 5.74) is 3.22. The van der Waals surface area contributed by atoms with Gasteiger partial charge in [-0.15, -0.1) is 10.2 Å². The van der Waals surface area contributed by atoms with E-state index in [4.69, 9.17) is 11.6 Å². The maximum absolute atomic E-state index is 11.5. The van der Waals surface area contributed by atoms with Crippen LogP contribution in [-0.4, -0.2) is 48.3 Å². The lowest BCUT2D eigenvalue weighted by atomic mass is 9.99. The minimum atomic E-state index is -1.22. The van der Waals surface area contributed by atoms with Crippen LogP contribution in [0.1, 0.15) is 29.1 Å². The number of nitrogens with one attached hydrogen (secondary N) is 1. The molecule has 138 valence electrons. The number of hydrogen-bond donors (Lipinski definition) is 2. The molecule has 0 aliphatic carbocycles. The van der Waals surface area contributed by atoms with Crippen molar-refractivity contribution in [2.45, 2.75) is 13.0 Å². The van der Waals surface area contributed by atoms with Gasteiger partial charge < -0.3 is 15.3 Å². The van der Waals surface area contributed by atoms with Crippen LogP contribution >= 0.6 is 11.6 Å². The van der Waals surface area contributed by atoms with Crippen molar-refractivity contribution in [3.8, 4) is 11.3 Å². The van der Waals surface area contributed by atoms with Crippen molar-refractivity contribution in [1.29, 1.82) is 0 Å². The molecule has 11 heteroatoms. The van der Waals surface area contributed by atoms with E-state index in [9.17, 15) is 9.90 Å². The molecule has 1 atom stereocenters. The van der Waals surface area contributed by atoms with E-state index >= 15 is 0 Å². The molecule has 1 unspecified atom stereocenters. The first-order chi connectivity index (χ1) is 12.9. The monoisotopic (exact) mass is 386 g/mol. The zero-order valence-corrected chi connectivity index (χ0v) is 15.4. The number of carbonyl (C=O) groups is 1. The van der Waals surface area contributed by atoms with Gasteiger partial charge in [-0.25, -0.2) is 9.78 Å². The van der Waals surface area contributed by atoms with Gasteiger partial charge in [0.25, 0.3) is 0 Å². The summed E-state index contributed by atoms with van der Waals surface area (Å²) in [6.45, 7) is 2.01.